The summed E-state index contributed by atoms with van der Waals surface area (Å²) >= 11 is 0. The number of rotatable bonds is 0. The topological polar surface area (TPSA) is 60.4 Å². The average Bonchev–Trinajstić information content (AvgIpc) is 1.69. The first kappa shape index (κ1) is 10.3. The van der Waals surface area contributed by atoms with Crippen LogP contribution in [0, 0.1) is 0 Å². The van der Waals surface area contributed by atoms with E-state index in [9.17, 15) is 4.79 Å². The minimum Gasteiger partial charge on any atom is -0.469 e. The van der Waals surface area contributed by atoms with Crippen LogP contribution in [0.2, 0.25) is 0 Å². The molecule has 0 fully saturated rings. The van der Waals surface area contributed by atoms with Crippen molar-refractivity contribution >= 4 is 15.3 Å². The average molecular weight is 134 g/mol. The fraction of sp³-hybridized carbons (Fsp3) is 0.667. The van der Waals surface area contributed by atoms with Crippen LogP contribution in [0.25, 0.3) is 0 Å². The van der Waals surface area contributed by atoms with Crippen molar-refractivity contribution in [3.05, 3.63) is 0 Å². The predicted octanol–water partition coefficient (Wildman–Crippen LogP) is -0.439. The summed E-state index contributed by atoms with van der Waals surface area (Å²) in [5.41, 5.74) is 0. The number of hydrogen-bond donors (Lipinski definition) is 0. The summed E-state index contributed by atoms with van der Waals surface area (Å²) in [6.07, 6.45) is 0. The Morgan fingerprint density at radius 3 is 1.62 bits per heavy atom. The van der Waals surface area contributed by atoms with E-state index in [1.54, 1.807) is 0 Å². The predicted molar refractivity (Wildman–Crippen MR) is 24.8 cm³/mol. The van der Waals surface area contributed by atoms with E-state index in [1.807, 2.05) is 0 Å². The summed E-state index contributed by atoms with van der Waals surface area (Å²) in [5, 5.41) is 0. The quantitative estimate of drug-likeness (QED) is 0.333. The highest BCUT2D eigenvalue weighted by Crippen LogP contribution is 1.60. The van der Waals surface area contributed by atoms with Crippen LogP contribution in [0.3, 0.4) is 0 Å². The Morgan fingerprint density at radius 1 is 1.50 bits per heavy atom. The Balaban J connectivity index is 0. The van der Waals surface area contributed by atoms with Crippen molar-refractivity contribution in [1.29, 1.82) is 0 Å². The molecule has 4 nitrogen and oxygen atoms in total. The molecule has 0 heterocycles. The van der Waals surface area contributed by atoms with Crippen LogP contribution < -0.4 is 0 Å². The fourth-order valence-electron chi connectivity index (χ4n) is 0. The van der Waals surface area contributed by atoms with Gasteiger partial charge in [0.25, 0.3) is 0 Å². The van der Waals surface area contributed by atoms with Gasteiger partial charge in [0.1, 0.15) is 0 Å². The highest BCUT2D eigenvalue weighted by atomic mass is 28.2. The fourth-order valence-corrected chi connectivity index (χ4v) is 0. The lowest BCUT2D eigenvalue weighted by molar-refractivity contribution is -0.137. The van der Waals surface area contributed by atoms with E-state index in [1.165, 1.54) is 14.0 Å². The smallest absolute Gasteiger partial charge is 0.469 e. The van der Waals surface area contributed by atoms with Crippen LogP contribution in [-0.2, 0) is 18.5 Å². The molecule has 0 radical (unpaired) electrons. The van der Waals surface area contributed by atoms with Crippen LogP contribution in [0.5, 0.6) is 0 Å². The van der Waals surface area contributed by atoms with Gasteiger partial charge >= 0.3 is 15.3 Å². The monoisotopic (exact) mass is 134 g/mol. The Hall–Kier alpha value is -0.713. The Kier molecular flexibility index (Phi) is 12.3. The first-order chi connectivity index (χ1) is 3.68. The molecule has 0 amide bonds. The van der Waals surface area contributed by atoms with Gasteiger partial charge in [-0.1, -0.05) is 0 Å². The van der Waals surface area contributed by atoms with Crippen LogP contribution in [0.15, 0.2) is 0 Å². The third-order valence-electron chi connectivity index (χ3n) is 0.287. The van der Waals surface area contributed by atoms with Gasteiger partial charge in [-0.05, 0) is 0 Å². The van der Waals surface area contributed by atoms with E-state index < -0.39 is 9.29 Å². The molecule has 0 aliphatic carbocycles. The van der Waals surface area contributed by atoms with Crippen molar-refractivity contribution in [2.45, 2.75) is 6.92 Å². The summed E-state index contributed by atoms with van der Waals surface area (Å²) in [6, 6.07) is 0. The maximum absolute atomic E-state index is 9.59. The SMILES string of the molecule is COC(C)=O.O=[Si]=O. The standard InChI is InChI=1S/C3H6O2.O2Si/c1-3(4)5-2;1-3-2/h1-2H3;. The highest BCUT2D eigenvalue weighted by molar-refractivity contribution is 5.94. The third kappa shape index (κ3) is 58.7. The first-order valence-electron chi connectivity index (χ1n) is 1.72. The van der Waals surface area contributed by atoms with E-state index >= 15 is 0 Å². The van der Waals surface area contributed by atoms with E-state index in [0.29, 0.717) is 0 Å². The molecule has 0 rings (SSSR count). The molecule has 0 bridgehead atoms. The van der Waals surface area contributed by atoms with Gasteiger partial charge in [0, 0.05) is 6.92 Å². The molecule has 8 heavy (non-hydrogen) atoms. The molecule has 0 aliphatic rings. The summed E-state index contributed by atoms with van der Waals surface area (Å²) in [6.45, 7) is 1.36. The molecule has 46 valence electrons. The van der Waals surface area contributed by atoms with Gasteiger partial charge in [-0.2, -0.15) is 0 Å². The molecule has 0 unspecified atom stereocenters. The van der Waals surface area contributed by atoms with Crippen LogP contribution in [0.4, 0.5) is 0 Å². The second-order valence-electron chi connectivity index (χ2n) is 0.779. The molecule has 0 aromatic heterocycles. The number of methoxy groups -OCH3 is 1. The zero-order valence-electron chi connectivity index (χ0n) is 4.63. The number of carbonyl (C=O) groups is 1. The maximum atomic E-state index is 9.59. The molecule has 0 N–H and O–H groups in total. The van der Waals surface area contributed by atoms with Gasteiger partial charge in [0.2, 0.25) is 0 Å². The number of esters is 1. The van der Waals surface area contributed by atoms with Crippen molar-refractivity contribution in [3.63, 3.8) is 0 Å². The molecule has 0 aromatic rings. The molecule has 0 saturated heterocycles. The molecular formula is C3H6O4Si. The summed E-state index contributed by atoms with van der Waals surface area (Å²) in [4.78, 5) is 9.59. The molecular weight excluding hydrogens is 128 g/mol. The molecule has 0 atom stereocenters. The number of hydrogen-bond acceptors (Lipinski definition) is 4. The Labute approximate surface area is 48.8 Å². The van der Waals surface area contributed by atoms with Gasteiger partial charge in [-0.25, -0.2) is 0 Å². The third-order valence-corrected chi connectivity index (χ3v) is 0.287. The minimum absolute atomic E-state index is 0.245. The second kappa shape index (κ2) is 9.56. The minimum atomic E-state index is -1.42. The van der Waals surface area contributed by atoms with Gasteiger partial charge in [-0.3, -0.25) is 13.7 Å². The molecule has 0 aliphatic heterocycles. The van der Waals surface area contributed by atoms with E-state index in [-0.39, 0.29) is 5.97 Å². The summed E-state index contributed by atoms with van der Waals surface area (Å²) < 4.78 is 20.9. The number of carbonyl (C=O) groups excluding carboxylic acids is 1. The first-order valence-corrected chi connectivity index (χ1v) is 2.54. The van der Waals surface area contributed by atoms with Crippen molar-refractivity contribution < 1.29 is 18.5 Å². The summed E-state index contributed by atoms with van der Waals surface area (Å²) in [5.74, 6) is -0.245. The zero-order valence-corrected chi connectivity index (χ0v) is 5.63. The van der Waals surface area contributed by atoms with Gasteiger partial charge in [0.15, 0.2) is 0 Å². The van der Waals surface area contributed by atoms with Crippen molar-refractivity contribution in [2.75, 3.05) is 7.11 Å². The van der Waals surface area contributed by atoms with E-state index in [0.717, 1.165) is 0 Å². The highest BCUT2D eigenvalue weighted by Gasteiger charge is 1.75. The van der Waals surface area contributed by atoms with Crippen molar-refractivity contribution in [1.82, 2.24) is 0 Å². The van der Waals surface area contributed by atoms with Crippen molar-refractivity contribution in [2.24, 2.45) is 0 Å². The lowest BCUT2D eigenvalue weighted by Gasteiger charge is -1.80. The maximum Gasteiger partial charge on any atom is 0.549 e. The van der Waals surface area contributed by atoms with Gasteiger partial charge in [-0.15, -0.1) is 0 Å². The van der Waals surface area contributed by atoms with Crippen molar-refractivity contribution in [3.8, 4) is 0 Å². The second-order valence-corrected chi connectivity index (χ2v) is 0.946. The van der Waals surface area contributed by atoms with Crippen LogP contribution in [0.1, 0.15) is 6.92 Å². The Bertz CT molecular complexity index is 93.5. The Morgan fingerprint density at radius 2 is 1.62 bits per heavy atom. The van der Waals surface area contributed by atoms with Crippen LogP contribution in [-0.4, -0.2) is 22.4 Å². The molecule has 5 heteroatoms. The van der Waals surface area contributed by atoms with Gasteiger partial charge in [0.05, 0.1) is 7.11 Å². The van der Waals surface area contributed by atoms with E-state index in [4.69, 9.17) is 8.92 Å². The largest absolute Gasteiger partial charge is 0.549 e. The molecule has 0 saturated carbocycles. The molecule has 0 aromatic carbocycles. The van der Waals surface area contributed by atoms with Gasteiger partial charge < -0.3 is 4.74 Å². The zero-order chi connectivity index (χ0) is 6.99. The normalized spacial score (nSPS) is 5.25. The number of ether oxygens (including phenoxy) is 1. The van der Waals surface area contributed by atoms with Crippen LogP contribution >= 0.6 is 0 Å². The lowest BCUT2D eigenvalue weighted by atomic mass is 10.8. The lowest BCUT2D eigenvalue weighted by Crippen LogP contribution is -1.88. The summed E-state index contributed by atoms with van der Waals surface area (Å²) in [7, 11) is -0.0671. The molecule has 0 spiro atoms. The van der Waals surface area contributed by atoms with E-state index in [2.05, 4.69) is 4.74 Å².